The van der Waals surface area contributed by atoms with Crippen LogP contribution in [-0.2, 0) is 6.42 Å². The van der Waals surface area contributed by atoms with Gasteiger partial charge in [-0.05, 0) is 49.4 Å². The molecule has 2 unspecified atom stereocenters. The largest absolute Gasteiger partial charge is 0.493 e. The van der Waals surface area contributed by atoms with Crippen molar-refractivity contribution in [2.24, 2.45) is 11.7 Å². The van der Waals surface area contributed by atoms with E-state index in [1.165, 1.54) is 31.2 Å². The highest BCUT2D eigenvalue weighted by Gasteiger charge is 2.11. The fraction of sp³-hybridized carbons (Fsp3) is 0.647. The molecule has 0 saturated carbocycles. The Morgan fingerprint density at radius 1 is 1.30 bits per heavy atom. The predicted molar refractivity (Wildman–Crippen MR) is 90.3 cm³/mol. The molecule has 0 aromatic heterocycles. The number of rotatable bonds is 9. The second kappa shape index (κ2) is 9.41. The summed E-state index contributed by atoms with van der Waals surface area (Å²) in [7, 11) is 0. The van der Waals surface area contributed by atoms with Gasteiger partial charge in [0.2, 0.25) is 0 Å². The molecular formula is C17H28BrNO. The Bertz CT molecular complexity index is 393. The van der Waals surface area contributed by atoms with Crippen LogP contribution in [0.2, 0.25) is 0 Å². The molecule has 3 heteroatoms. The Hall–Kier alpha value is -0.540. The summed E-state index contributed by atoms with van der Waals surface area (Å²) < 4.78 is 7.15. The third kappa shape index (κ3) is 6.27. The minimum atomic E-state index is 0.147. The van der Waals surface area contributed by atoms with Crippen LogP contribution in [-0.4, -0.2) is 12.6 Å². The first-order valence-electron chi connectivity index (χ1n) is 7.73. The van der Waals surface area contributed by atoms with Crippen molar-refractivity contribution in [1.29, 1.82) is 0 Å². The normalized spacial score (nSPS) is 14.1. The number of unbranched alkanes of at least 4 members (excludes halogenated alkanes) is 1. The fourth-order valence-corrected chi connectivity index (χ4v) is 2.71. The van der Waals surface area contributed by atoms with Crippen LogP contribution in [0, 0.1) is 5.92 Å². The molecule has 0 amide bonds. The van der Waals surface area contributed by atoms with Gasteiger partial charge in [-0.2, -0.15) is 0 Å². The molecule has 2 N–H and O–H groups in total. The molecule has 20 heavy (non-hydrogen) atoms. The molecule has 1 aromatic carbocycles. The first kappa shape index (κ1) is 17.5. The summed E-state index contributed by atoms with van der Waals surface area (Å²) in [6.45, 7) is 7.32. The van der Waals surface area contributed by atoms with Crippen LogP contribution >= 0.6 is 15.9 Å². The van der Waals surface area contributed by atoms with E-state index in [2.05, 4.69) is 35.8 Å². The van der Waals surface area contributed by atoms with Gasteiger partial charge in [0.15, 0.2) is 0 Å². The van der Waals surface area contributed by atoms with E-state index in [0.29, 0.717) is 5.92 Å². The van der Waals surface area contributed by atoms with Gasteiger partial charge in [0.05, 0.1) is 6.61 Å². The van der Waals surface area contributed by atoms with Crippen molar-refractivity contribution in [3.63, 3.8) is 0 Å². The van der Waals surface area contributed by atoms with Gasteiger partial charge < -0.3 is 10.5 Å². The first-order valence-corrected chi connectivity index (χ1v) is 8.52. The zero-order valence-corrected chi connectivity index (χ0v) is 14.6. The molecular weight excluding hydrogens is 314 g/mol. The molecule has 0 heterocycles. The summed E-state index contributed by atoms with van der Waals surface area (Å²) in [6, 6.07) is 6.35. The van der Waals surface area contributed by atoms with Crippen molar-refractivity contribution >= 4 is 15.9 Å². The van der Waals surface area contributed by atoms with Gasteiger partial charge in [0.1, 0.15) is 5.75 Å². The molecule has 0 aliphatic carbocycles. The molecule has 2 atom stereocenters. The van der Waals surface area contributed by atoms with Gasteiger partial charge in [-0.3, -0.25) is 0 Å². The topological polar surface area (TPSA) is 35.2 Å². The lowest BCUT2D eigenvalue weighted by Gasteiger charge is -2.18. The number of hydrogen-bond acceptors (Lipinski definition) is 2. The maximum absolute atomic E-state index is 6.07. The molecule has 0 spiro atoms. The number of ether oxygens (including phenoxy) is 1. The summed E-state index contributed by atoms with van der Waals surface area (Å²) in [5.41, 5.74) is 7.11. The average Bonchev–Trinajstić information content (AvgIpc) is 2.40. The number of nitrogens with two attached hydrogens (primary N) is 1. The van der Waals surface area contributed by atoms with Crippen molar-refractivity contribution in [3.05, 3.63) is 28.2 Å². The van der Waals surface area contributed by atoms with Crippen LogP contribution in [0.3, 0.4) is 0 Å². The Kier molecular flexibility index (Phi) is 8.24. The van der Waals surface area contributed by atoms with E-state index in [1.54, 1.807) is 0 Å². The molecule has 0 aliphatic rings. The summed E-state index contributed by atoms with van der Waals surface area (Å²) in [6.07, 6.45) is 5.82. The zero-order chi connectivity index (χ0) is 15.0. The second-order valence-corrected chi connectivity index (χ2v) is 6.58. The van der Waals surface area contributed by atoms with Crippen molar-refractivity contribution in [3.8, 4) is 5.75 Å². The SMILES string of the molecule is CCCCC(CC)COc1ccc(Br)cc1CC(C)N. The summed E-state index contributed by atoms with van der Waals surface area (Å²) in [4.78, 5) is 0. The molecule has 0 aliphatic heterocycles. The summed E-state index contributed by atoms with van der Waals surface area (Å²) in [5, 5.41) is 0. The van der Waals surface area contributed by atoms with Gasteiger partial charge >= 0.3 is 0 Å². The van der Waals surface area contributed by atoms with Gasteiger partial charge in [-0.15, -0.1) is 0 Å². The standard InChI is InChI=1S/C17H28BrNO/c1-4-6-7-14(5-2)12-20-17-9-8-16(18)11-15(17)10-13(3)19/h8-9,11,13-14H,4-7,10,12,19H2,1-3H3. The van der Waals surface area contributed by atoms with Gasteiger partial charge in [-0.1, -0.05) is 49.0 Å². The van der Waals surface area contributed by atoms with Crippen LogP contribution in [0.4, 0.5) is 0 Å². The quantitative estimate of drug-likeness (QED) is 0.690. The van der Waals surface area contributed by atoms with E-state index in [9.17, 15) is 0 Å². The summed E-state index contributed by atoms with van der Waals surface area (Å²) >= 11 is 3.52. The Labute approximate surface area is 132 Å². The van der Waals surface area contributed by atoms with E-state index in [-0.39, 0.29) is 6.04 Å². The number of halogens is 1. The van der Waals surface area contributed by atoms with Gasteiger partial charge in [-0.25, -0.2) is 0 Å². The molecule has 1 aromatic rings. The third-order valence-electron chi connectivity index (χ3n) is 3.58. The van der Waals surface area contributed by atoms with E-state index >= 15 is 0 Å². The van der Waals surface area contributed by atoms with E-state index in [4.69, 9.17) is 10.5 Å². The summed E-state index contributed by atoms with van der Waals surface area (Å²) in [5.74, 6) is 1.64. The zero-order valence-electron chi connectivity index (χ0n) is 13.0. The molecule has 0 fully saturated rings. The van der Waals surface area contributed by atoms with E-state index in [1.807, 2.05) is 19.1 Å². The van der Waals surface area contributed by atoms with E-state index < -0.39 is 0 Å². The molecule has 0 bridgehead atoms. The fourth-order valence-electron chi connectivity index (χ4n) is 2.30. The highest BCUT2D eigenvalue weighted by atomic mass is 79.9. The molecule has 0 radical (unpaired) electrons. The lowest BCUT2D eigenvalue weighted by molar-refractivity contribution is 0.231. The lowest BCUT2D eigenvalue weighted by Crippen LogP contribution is -2.19. The maximum atomic E-state index is 6.07. The van der Waals surface area contributed by atoms with Crippen LogP contribution in [0.1, 0.15) is 52.0 Å². The molecule has 1 rings (SSSR count). The highest BCUT2D eigenvalue weighted by molar-refractivity contribution is 9.10. The van der Waals surface area contributed by atoms with E-state index in [0.717, 1.165) is 23.2 Å². The first-order chi connectivity index (χ1) is 9.56. The molecule has 114 valence electrons. The van der Waals surface area contributed by atoms with Crippen molar-refractivity contribution in [1.82, 2.24) is 0 Å². The maximum Gasteiger partial charge on any atom is 0.122 e. The highest BCUT2D eigenvalue weighted by Crippen LogP contribution is 2.25. The minimum absolute atomic E-state index is 0.147. The Balaban J connectivity index is 2.65. The number of hydrogen-bond donors (Lipinski definition) is 1. The minimum Gasteiger partial charge on any atom is -0.493 e. The smallest absolute Gasteiger partial charge is 0.122 e. The molecule has 0 saturated heterocycles. The monoisotopic (exact) mass is 341 g/mol. The average molecular weight is 342 g/mol. The third-order valence-corrected chi connectivity index (χ3v) is 4.08. The van der Waals surface area contributed by atoms with Crippen LogP contribution in [0.25, 0.3) is 0 Å². The molecule has 2 nitrogen and oxygen atoms in total. The van der Waals surface area contributed by atoms with Crippen molar-refractivity contribution in [2.75, 3.05) is 6.61 Å². The lowest BCUT2D eigenvalue weighted by atomic mass is 10.0. The van der Waals surface area contributed by atoms with Crippen molar-refractivity contribution in [2.45, 2.75) is 58.9 Å². The van der Waals surface area contributed by atoms with Crippen LogP contribution < -0.4 is 10.5 Å². The van der Waals surface area contributed by atoms with Gasteiger partial charge in [0, 0.05) is 10.5 Å². The second-order valence-electron chi connectivity index (χ2n) is 5.66. The Morgan fingerprint density at radius 3 is 2.65 bits per heavy atom. The number of benzene rings is 1. The Morgan fingerprint density at radius 2 is 2.05 bits per heavy atom. The predicted octanol–water partition coefficient (Wildman–Crippen LogP) is 4.93. The van der Waals surface area contributed by atoms with Crippen LogP contribution in [0.15, 0.2) is 22.7 Å². The van der Waals surface area contributed by atoms with Gasteiger partial charge in [0.25, 0.3) is 0 Å². The van der Waals surface area contributed by atoms with Crippen LogP contribution in [0.5, 0.6) is 5.75 Å². The van der Waals surface area contributed by atoms with Crippen molar-refractivity contribution < 1.29 is 4.74 Å².